The van der Waals surface area contributed by atoms with E-state index in [0.717, 1.165) is 22.4 Å². The first-order chi connectivity index (χ1) is 16.6. The van der Waals surface area contributed by atoms with Gasteiger partial charge in [-0.3, -0.25) is 9.78 Å². The summed E-state index contributed by atoms with van der Waals surface area (Å²) in [5.41, 5.74) is 8.74. The Balaban J connectivity index is 1.61. The number of para-hydroxylation sites is 1. The molecule has 1 N–H and O–H groups in total. The molecular weight excluding hydrogens is 424 g/mol. The maximum atomic E-state index is 13.3. The van der Waals surface area contributed by atoms with Crippen LogP contribution in [-0.4, -0.2) is 31.9 Å². The number of rotatable bonds is 5. The smallest absolute Gasteiger partial charge is 0.267 e. The van der Waals surface area contributed by atoms with Crippen molar-refractivity contribution >= 4 is 23.2 Å². The number of hydrogen-bond donors (Lipinski definition) is 1. The van der Waals surface area contributed by atoms with Gasteiger partial charge in [0.05, 0.1) is 34.2 Å². The average Bonchev–Trinajstić information content (AvgIpc) is 3.21. The third kappa shape index (κ3) is 4.19. The van der Waals surface area contributed by atoms with E-state index in [1.165, 1.54) is 0 Å². The lowest BCUT2D eigenvalue weighted by molar-refractivity contribution is 0.0956. The number of benzene rings is 2. The van der Waals surface area contributed by atoms with Crippen molar-refractivity contribution in [3.05, 3.63) is 108 Å². The molecule has 0 spiro atoms. The first-order valence-electron chi connectivity index (χ1n) is 10.9. The van der Waals surface area contributed by atoms with E-state index < -0.39 is 0 Å². The summed E-state index contributed by atoms with van der Waals surface area (Å²) in [5.74, 6) is -0.336. The molecule has 3 heterocycles. The van der Waals surface area contributed by atoms with Crippen LogP contribution < -0.4 is 5.43 Å². The van der Waals surface area contributed by atoms with Crippen LogP contribution in [0.1, 0.15) is 27.2 Å². The molecule has 0 unspecified atom stereocenters. The molecule has 0 fully saturated rings. The van der Waals surface area contributed by atoms with Crippen molar-refractivity contribution in [2.24, 2.45) is 5.10 Å². The molecule has 166 valence electrons. The van der Waals surface area contributed by atoms with Crippen molar-refractivity contribution in [1.29, 1.82) is 0 Å². The van der Waals surface area contributed by atoms with E-state index in [1.54, 1.807) is 29.4 Å². The van der Waals surface area contributed by atoms with Gasteiger partial charge in [-0.1, -0.05) is 48.0 Å². The number of pyridine rings is 2. The fraction of sp³-hybridized carbons (Fsp3) is 0.0741. The van der Waals surface area contributed by atoms with E-state index in [4.69, 9.17) is 10.1 Å². The van der Waals surface area contributed by atoms with Crippen LogP contribution in [0.25, 0.3) is 28.0 Å². The molecule has 7 heteroatoms. The Morgan fingerprint density at radius 2 is 1.85 bits per heavy atom. The molecule has 5 aromatic rings. The van der Waals surface area contributed by atoms with E-state index in [1.807, 2.05) is 80.6 Å². The fourth-order valence-electron chi connectivity index (χ4n) is 3.86. The van der Waals surface area contributed by atoms with E-state index in [2.05, 4.69) is 15.5 Å². The fourth-order valence-corrected chi connectivity index (χ4v) is 3.86. The number of carbonyl (C=O) groups excluding carboxylic acids is 1. The predicted octanol–water partition coefficient (Wildman–Crippen LogP) is 4.86. The lowest BCUT2D eigenvalue weighted by atomic mass is 10.1. The molecule has 7 nitrogen and oxygen atoms in total. The van der Waals surface area contributed by atoms with Crippen molar-refractivity contribution in [2.75, 3.05) is 0 Å². The number of nitrogens with zero attached hydrogens (tertiary/aromatic N) is 5. The number of carbonyl (C=O) groups is 1. The second-order valence-corrected chi connectivity index (χ2v) is 7.94. The Morgan fingerprint density at radius 3 is 2.62 bits per heavy atom. The summed E-state index contributed by atoms with van der Waals surface area (Å²) >= 11 is 0. The van der Waals surface area contributed by atoms with E-state index in [-0.39, 0.29) is 5.91 Å². The molecule has 0 aliphatic carbocycles. The SMILES string of the molecule is Cc1cccc(C=NNC(=O)c2cc(-c3cccnc3)nc3c2c(C)nn3-c2ccccc2)c1. The summed E-state index contributed by atoms with van der Waals surface area (Å²) in [4.78, 5) is 22.4. The molecule has 0 atom stereocenters. The van der Waals surface area contributed by atoms with Gasteiger partial charge >= 0.3 is 0 Å². The Bertz CT molecular complexity index is 1510. The maximum absolute atomic E-state index is 13.3. The standard InChI is InChI=1S/C27H22N6O/c1-18-8-6-9-20(14-18)16-29-31-27(34)23-15-24(21-10-7-13-28-17-21)30-26-25(23)19(2)32-33(26)22-11-4-3-5-12-22/h3-17H,1-2H3,(H,31,34). The van der Waals surface area contributed by atoms with Gasteiger partial charge in [-0.2, -0.15) is 10.2 Å². The van der Waals surface area contributed by atoms with Crippen LogP contribution in [0, 0.1) is 13.8 Å². The zero-order valence-electron chi connectivity index (χ0n) is 18.8. The highest BCUT2D eigenvalue weighted by Crippen LogP contribution is 2.28. The monoisotopic (exact) mass is 446 g/mol. The summed E-state index contributed by atoms with van der Waals surface area (Å²) in [7, 11) is 0. The Labute approximate surface area is 196 Å². The molecule has 0 radical (unpaired) electrons. The van der Waals surface area contributed by atoms with Crippen molar-refractivity contribution in [3.8, 4) is 16.9 Å². The molecule has 2 aromatic carbocycles. The molecule has 0 saturated carbocycles. The van der Waals surface area contributed by atoms with Crippen LogP contribution in [0.2, 0.25) is 0 Å². The molecular formula is C27H22N6O. The number of aryl methyl sites for hydroxylation is 2. The van der Waals surface area contributed by atoms with Crippen molar-refractivity contribution in [2.45, 2.75) is 13.8 Å². The zero-order valence-corrected chi connectivity index (χ0v) is 18.8. The molecule has 3 aromatic heterocycles. The maximum Gasteiger partial charge on any atom is 0.272 e. The van der Waals surface area contributed by atoms with Gasteiger partial charge in [-0.15, -0.1) is 0 Å². The van der Waals surface area contributed by atoms with E-state index in [9.17, 15) is 4.79 Å². The molecule has 1 amide bonds. The van der Waals surface area contributed by atoms with Gasteiger partial charge < -0.3 is 0 Å². The van der Waals surface area contributed by atoms with Crippen molar-refractivity contribution < 1.29 is 4.79 Å². The Hall–Kier alpha value is -4.65. The second kappa shape index (κ2) is 9.07. The number of fused-ring (bicyclic) bond motifs is 1. The van der Waals surface area contributed by atoms with Crippen LogP contribution in [0.15, 0.2) is 90.3 Å². The van der Waals surface area contributed by atoms with Crippen molar-refractivity contribution in [3.63, 3.8) is 0 Å². The lowest BCUT2D eigenvalue weighted by Gasteiger charge is -2.08. The largest absolute Gasteiger partial charge is 0.272 e. The number of nitrogens with one attached hydrogen (secondary N) is 1. The average molecular weight is 447 g/mol. The summed E-state index contributed by atoms with van der Waals surface area (Å²) in [6.07, 6.45) is 5.06. The third-order valence-corrected chi connectivity index (χ3v) is 5.44. The highest BCUT2D eigenvalue weighted by molar-refractivity contribution is 6.08. The van der Waals surface area contributed by atoms with Gasteiger partial charge in [0.15, 0.2) is 5.65 Å². The topological polar surface area (TPSA) is 85.1 Å². The second-order valence-electron chi connectivity index (χ2n) is 7.94. The van der Waals surface area contributed by atoms with E-state index in [0.29, 0.717) is 28.0 Å². The number of amides is 1. The number of hydrogen-bond acceptors (Lipinski definition) is 5. The number of aromatic nitrogens is 4. The Kier molecular flexibility index (Phi) is 5.66. The van der Waals surface area contributed by atoms with Gasteiger partial charge in [-0.25, -0.2) is 15.1 Å². The van der Waals surface area contributed by atoms with Crippen LogP contribution >= 0.6 is 0 Å². The quantitative estimate of drug-likeness (QED) is 0.309. The molecule has 0 aliphatic rings. The van der Waals surface area contributed by atoms with Gasteiger partial charge in [0.1, 0.15) is 0 Å². The normalized spacial score (nSPS) is 11.2. The molecule has 0 bridgehead atoms. The van der Waals surface area contributed by atoms with Gasteiger partial charge in [-0.05, 0) is 49.7 Å². The summed E-state index contributed by atoms with van der Waals surface area (Å²) < 4.78 is 1.76. The minimum atomic E-state index is -0.336. The molecule has 0 saturated heterocycles. The minimum absolute atomic E-state index is 0.336. The molecule has 5 rings (SSSR count). The van der Waals surface area contributed by atoms with Crippen LogP contribution in [0.5, 0.6) is 0 Å². The van der Waals surface area contributed by atoms with E-state index >= 15 is 0 Å². The van der Waals surface area contributed by atoms with Gasteiger partial charge in [0, 0.05) is 18.0 Å². The first-order valence-corrected chi connectivity index (χ1v) is 10.9. The summed E-state index contributed by atoms with van der Waals surface area (Å²) in [5, 5.41) is 9.55. The Morgan fingerprint density at radius 1 is 1.00 bits per heavy atom. The minimum Gasteiger partial charge on any atom is -0.267 e. The van der Waals surface area contributed by atoms with Crippen LogP contribution in [0.4, 0.5) is 0 Å². The highest BCUT2D eigenvalue weighted by Gasteiger charge is 2.21. The summed E-state index contributed by atoms with van der Waals surface area (Å²) in [6, 6.07) is 23.1. The third-order valence-electron chi connectivity index (χ3n) is 5.44. The number of hydrazone groups is 1. The molecule has 0 aliphatic heterocycles. The van der Waals surface area contributed by atoms with Crippen molar-refractivity contribution in [1.82, 2.24) is 25.2 Å². The van der Waals surface area contributed by atoms with Gasteiger partial charge in [0.2, 0.25) is 0 Å². The summed E-state index contributed by atoms with van der Waals surface area (Å²) in [6.45, 7) is 3.89. The zero-order chi connectivity index (χ0) is 23.5. The predicted molar refractivity (Wildman–Crippen MR) is 133 cm³/mol. The van der Waals surface area contributed by atoms with Gasteiger partial charge in [0.25, 0.3) is 5.91 Å². The van der Waals surface area contributed by atoms with Crippen LogP contribution in [0.3, 0.4) is 0 Å². The highest BCUT2D eigenvalue weighted by atomic mass is 16.2. The van der Waals surface area contributed by atoms with Crippen LogP contribution in [-0.2, 0) is 0 Å². The first kappa shape index (κ1) is 21.2. The lowest BCUT2D eigenvalue weighted by Crippen LogP contribution is -2.18. The molecule has 34 heavy (non-hydrogen) atoms.